The van der Waals surface area contributed by atoms with Gasteiger partial charge < -0.3 is 25.3 Å². The van der Waals surface area contributed by atoms with Gasteiger partial charge >= 0.3 is 5.97 Å². The number of carboxylic acids is 1. The summed E-state index contributed by atoms with van der Waals surface area (Å²) in [6, 6.07) is 17.9. The van der Waals surface area contributed by atoms with Crippen LogP contribution in [0.1, 0.15) is 26.3 Å². The van der Waals surface area contributed by atoms with Gasteiger partial charge in [-0.05, 0) is 48.2 Å². The van der Waals surface area contributed by atoms with Crippen molar-refractivity contribution < 1.29 is 24.5 Å². The van der Waals surface area contributed by atoms with Gasteiger partial charge in [0.05, 0.1) is 18.2 Å². The van der Waals surface area contributed by atoms with Gasteiger partial charge in [0.2, 0.25) is 0 Å². The number of amides is 1. The number of rotatable bonds is 4. The third kappa shape index (κ3) is 3.22. The number of phenols is 1. The molecule has 0 aliphatic heterocycles. The van der Waals surface area contributed by atoms with Gasteiger partial charge in [-0.25, -0.2) is 4.79 Å². The van der Waals surface area contributed by atoms with Crippen molar-refractivity contribution >= 4 is 50.1 Å². The minimum Gasteiger partial charge on any atom is -0.506 e. The highest BCUT2D eigenvalue weighted by atomic mass is 16.5. The van der Waals surface area contributed by atoms with E-state index >= 15 is 0 Å². The number of H-pyrrole nitrogens is 1. The maximum Gasteiger partial charge on any atom is 0.339 e. The Morgan fingerprint density at radius 2 is 1.79 bits per heavy atom. The number of benzene rings is 4. The monoisotopic (exact) mass is 440 g/mol. The number of para-hydroxylation sites is 1. The fourth-order valence-electron chi connectivity index (χ4n) is 4.27. The van der Waals surface area contributed by atoms with Crippen LogP contribution in [0, 0.1) is 6.92 Å². The number of aromatic carboxylic acids is 1. The summed E-state index contributed by atoms with van der Waals surface area (Å²) in [7, 11) is 1.56. The Bertz CT molecular complexity index is 1600. The van der Waals surface area contributed by atoms with Gasteiger partial charge in [0.1, 0.15) is 17.1 Å². The quantitative estimate of drug-likeness (QED) is 0.297. The normalized spacial score (nSPS) is 11.2. The van der Waals surface area contributed by atoms with Crippen LogP contribution in [0.3, 0.4) is 0 Å². The molecule has 1 aromatic heterocycles. The van der Waals surface area contributed by atoms with Gasteiger partial charge in [0, 0.05) is 27.4 Å². The van der Waals surface area contributed by atoms with Crippen LogP contribution >= 0.6 is 0 Å². The Morgan fingerprint density at radius 3 is 2.52 bits per heavy atom. The zero-order valence-corrected chi connectivity index (χ0v) is 17.9. The molecule has 0 atom stereocenters. The van der Waals surface area contributed by atoms with Crippen LogP contribution in [0.2, 0.25) is 0 Å². The average molecular weight is 440 g/mol. The number of methoxy groups -OCH3 is 1. The van der Waals surface area contributed by atoms with Gasteiger partial charge in [0.15, 0.2) is 0 Å². The van der Waals surface area contributed by atoms with E-state index in [4.69, 9.17) is 4.74 Å². The van der Waals surface area contributed by atoms with Crippen LogP contribution in [0.5, 0.6) is 11.5 Å². The number of aryl methyl sites for hydroxylation is 1. The van der Waals surface area contributed by atoms with Crippen molar-refractivity contribution in [1.29, 1.82) is 0 Å². The van der Waals surface area contributed by atoms with E-state index in [1.54, 1.807) is 31.4 Å². The molecular formula is C26H20N2O5. The van der Waals surface area contributed by atoms with Crippen LogP contribution in [0.4, 0.5) is 5.69 Å². The summed E-state index contributed by atoms with van der Waals surface area (Å²) in [5, 5.41) is 26.2. The lowest BCUT2D eigenvalue weighted by Gasteiger charge is -2.15. The van der Waals surface area contributed by atoms with Crippen molar-refractivity contribution in [1.82, 2.24) is 4.98 Å². The second kappa shape index (κ2) is 7.56. The molecular weight excluding hydrogens is 420 g/mol. The molecule has 0 aliphatic carbocycles. The molecule has 4 N–H and O–H groups in total. The van der Waals surface area contributed by atoms with Gasteiger partial charge in [-0.15, -0.1) is 0 Å². The zero-order chi connectivity index (χ0) is 23.3. The van der Waals surface area contributed by atoms with Crippen LogP contribution in [0.25, 0.3) is 32.6 Å². The number of aromatic nitrogens is 1. The molecule has 7 heteroatoms. The first-order valence-electron chi connectivity index (χ1n) is 10.3. The molecule has 0 fully saturated rings. The number of carboxylic acid groups (broad SMARTS) is 1. The molecule has 1 amide bonds. The summed E-state index contributed by atoms with van der Waals surface area (Å²) in [6.45, 7) is 1.82. The van der Waals surface area contributed by atoms with Crippen LogP contribution in [0.15, 0.2) is 60.7 Å². The maximum atomic E-state index is 13.5. The lowest BCUT2D eigenvalue weighted by atomic mass is 9.96. The Labute approximate surface area is 188 Å². The van der Waals surface area contributed by atoms with E-state index in [0.717, 1.165) is 21.9 Å². The highest BCUT2D eigenvalue weighted by molar-refractivity contribution is 6.26. The average Bonchev–Trinajstić information content (AvgIpc) is 3.18. The van der Waals surface area contributed by atoms with Crippen LogP contribution in [-0.2, 0) is 0 Å². The molecule has 0 radical (unpaired) electrons. The molecule has 1 heterocycles. The summed E-state index contributed by atoms with van der Waals surface area (Å²) in [6.07, 6.45) is 0. The van der Waals surface area contributed by atoms with Crippen molar-refractivity contribution in [3.05, 3.63) is 77.4 Å². The van der Waals surface area contributed by atoms with E-state index in [9.17, 15) is 19.8 Å². The standard InChI is InChI=1S/C26H20N2O5/c1-13-11-15(33-2)8-10-19(13)28-25(30)22-21-14(12-18(24(22)29)26(31)32)7-9-17-16-5-3-4-6-20(16)27-23(17)21/h3-12,27,29H,1-2H3,(H,28,30)(H,31,32). The molecule has 0 spiro atoms. The minimum atomic E-state index is -1.32. The zero-order valence-electron chi connectivity index (χ0n) is 17.9. The molecule has 5 rings (SSSR count). The molecule has 0 saturated carbocycles. The lowest BCUT2D eigenvalue weighted by Crippen LogP contribution is -2.15. The Hall–Kier alpha value is -4.52. The van der Waals surface area contributed by atoms with Gasteiger partial charge in [-0.3, -0.25) is 4.79 Å². The summed E-state index contributed by atoms with van der Waals surface area (Å²) >= 11 is 0. The SMILES string of the molecule is COc1ccc(NC(=O)c2c(O)c(C(=O)O)cc3ccc4c5ccccc5[nH]c4c23)c(C)c1. The number of aromatic hydroxyl groups is 1. The molecule has 33 heavy (non-hydrogen) atoms. The fourth-order valence-corrected chi connectivity index (χ4v) is 4.27. The lowest BCUT2D eigenvalue weighted by molar-refractivity contribution is 0.0694. The second-order valence-electron chi connectivity index (χ2n) is 7.84. The predicted molar refractivity (Wildman–Crippen MR) is 128 cm³/mol. The number of hydrogen-bond acceptors (Lipinski definition) is 4. The maximum absolute atomic E-state index is 13.5. The first-order valence-corrected chi connectivity index (χ1v) is 10.3. The topological polar surface area (TPSA) is 112 Å². The molecule has 0 saturated heterocycles. The van der Waals surface area contributed by atoms with E-state index in [-0.39, 0.29) is 11.1 Å². The Balaban J connectivity index is 1.78. The van der Waals surface area contributed by atoms with Crippen molar-refractivity contribution in [2.24, 2.45) is 0 Å². The smallest absolute Gasteiger partial charge is 0.339 e. The third-order valence-electron chi connectivity index (χ3n) is 5.90. The van der Waals surface area contributed by atoms with Crippen LogP contribution < -0.4 is 10.1 Å². The molecule has 5 aromatic rings. The number of ether oxygens (including phenoxy) is 1. The largest absolute Gasteiger partial charge is 0.506 e. The van der Waals surface area contributed by atoms with Crippen molar-refractivity contribution in [3.8, 4) is 11.5 Å². The second-order valence-corrected chi connectivity index (χ2v) is 7.84. The number of carbonyl (C=O) groups excluding carboxylic acids is 1. The van der Waals surface area contributed by atoms with Gasteiger partial charge in [0.25, 0.3) is 5.91 Å². The highest BCUT2D eigenvalue weighted by Crippen LogP contribution is 2.38. The van der Waals surface area contributed by atoms with Crippen molar-refractivity contribution in [3.63, 3.8) is 0 Å². The Kier molecular flexibility index (Phi) is 4.67. The van der Waals surface area contributed by atoms with E-state index in [1.165, 1.54) is 6.07 Å². The third-order valence-corrected chi connectivity index (χ3v) is 5.90. The first-order chi connectivity index (χ1) is 15.9. The predicted octanol–water partition coefficient (Wildman–Crippen LogP) is 5.45. The van der Waals surface area contributed by atoms with Crippen molar-refractivity contribution in [2.45, 2.75) is 6.92 Å². The fraction of sp³-hybridized carbons (Fsp3) is 0.0769. The molecule has 7 nitrogen and oxygen atoms in total. The Morgan fingerprint density at radius 1 is 1.00 bits per heavy atom. The van der Waals surface area contributed by atoms with E-state index in [0.29, 0.717) is 27.7 Å². The number of carbonyl (C=O) groups is 2. The van der Waals surface area contributed by atoms with Crippen molar-refractivity contribution in [2.75, 3.05) is 12.4 Å². The molecule has 164 valence electrons. The van der Waals surface area contributed by atoms with E-state index < -0.39 is 17.6 Å². The molecule has 4 aromatic carbocycles. The summed E-state index contributed by atoms with van der Waals surface area (Å²) in [4.78, 5) is 28.6. The number of fused-ring (bicyclic) bond motifs is 5. The number of nitrogens with one attached hydrogen (secondary N) is 2. The minimum absolute atomic E-state index is 0.0997. The van der Waals surface area contributed by atoms with Crippen LogP contribution in [-0.4, -0.2) is 34.2 Å². The van der Waals surface area contributed by atoms with E-state index in [1.807, 2.05) is 37.3 Å². The first kappa shape index (κ1) is 20.4. The molecule has 0 unspecified atom stereocenters. The molecule has 0 aliphatic rings. The van der Waals surface area contributed by atoms with E-state index in [2.05, 4.69) is 10.3 Å². The number of hydrogen-bond donors (Lipinski definition) is 4. The summed E-state index contributed by atoms with van der Waals surface area (Å²) in [5.74, 6) is -1.86. The highest BCUT2D eigenvalue weighted by Gasteiger charge is 2.25. The summed E-state index contributed by atoms with van der Waals surface area (Å²) in [5.41, 5.74) is 2.37. The molecule has 0 bridgehead atoms. The number of aromatic amines is 1. The summed E-state index contributed by atoms with van der Waals surface area (Å²) < 4.78 is 5.21. The number of anilines is 1. The van der Waals surface area contributed by atoms with Gasteiger partial charge in [-0.2, -0.15) is 0 Å². The van der Waals surface area contributed by atoms with Gasteiger partial charge in [-0.1, -0.05) is 30.3 Å².